The van der Waals surface area contributed by atoms with E-state index in [4.69, 9.17) is 5.73 Å². The minimum absolute atomic E-state index is 0.0235. The predicted molar refractivity (Wildman–Crippen MR) is 76.2 cm³/mol. The highest BCUT2D eigenvalue weighted by atomic mass is 16.2. The molecule has 1 aliphatic rings. The number of rotatable bonds is 4. The fraction of sp³-hybridized carbons (Fsp3) is 0.933. The molecule has 0 aromatic carbocycles. The molecule has 0 heterocycles. The molecular formula is C15H30N2O. The largest absolute Gasteiger partial charge is 0.352 e. The SMILES string of the molecule is CCC[C@@H](N)C(=O)NC1CC(C)(C)CC(C)(C)C1. The van der Waals surface area contributed by atoms with Gasteiger partial charge >= 0.3 is 0 Å². The maximum Gasteiger partial charge on any atom is 0.237 e. The third kappa shape index (κ3) is 4.60. The van der Waals surface area contributed by atoms with Crippen molar-refractivity contribution in [2.75, 3.05) is 0 Å². The Hall–Kier alpha value is -0.570. The van der Waals surface area contributed by atoms with Crippen LogP contribution in [0.15, 0.2) is 0 Å². The smallest absolute Gasteiger partial charge is 0.237 e. The van der Waals surface area contributed by atoms with Crippen molar-refractivity contribution in [2.45, 2.75) is 78.8 Å². The van der Waals surface area contributed by atoms with Gasteiger partial charge in [-0.1, -0.05) is 41.0 Å². The summed E-state index contributed by atoms with van der Waals surface area (Å²) >= 11 is 0. The van der Waals surface area contributed by atoms with Crippen molar-refractivity contribution in [3.05, 3.63) is 0 Å². The van der Waals surface area contributed by atoms with Crippen LogP contribution in [0, 0.1) is 10.8 Å². The Morgan fingerprint density at radius 1 is 1.28 bits per heavy atom. The molecule has 1 atom stereocenters. The molecule has 0 aromatic heterocycles. The molecule has 0 aromatic rings. The molecule has 0 bridgehead atoms. The summed E-state index contributed by atoms with van der Waals surface area (Å²) in [6.45, 7) is 11.2. The van der Waals surface area contributed by atoms with Crippen molar-refractivity contribution in [1.82, 2.24) is 5.32 Å². The molecule has 1 saturated carbocycles. The van der Waals surface area contributed by atoms with Gasteiger partial charge in [-0.3, -0.25) is 4.79 Å². The second-order valence-corrected chi connectivity index (χ2v) is 7.51. The Morgan fingerprint density at radius 2 is 1.78 bits per heavy atom. The molecule has 106 valence electrons. The van der Waals surface area contributed by atoms with Crippen molar-refractivity contribution in [3.63, 3.8) is 0 Å². The van der Waals surface area contributed by atoms with Crippen molar-refractivity contribution >= 4 is 5.91 Å². The molecule has 0 aliphatic heterocycles. The van der Waals surface area contributed by atoms with Gasteiger partial charge in [0.15, 0.2) is 0 Å². The molecule has 1 aliphatic carbocycles. The number of hydrogen-bond acceptors (Lipinski definition) is 2. The monoisotopic (exact) mass is 254 g/mol. The van der Waals surface area contributed by atoms with Gasteiger partial charge in [0.2, 0.25) is 5.91 Å². The van der Waals surface area contributed by atoms with Gasteiger partial charge < -0.3 is 11.1 Å². The summed E-state index contributed by atoms with van der Waals surface area (Å²) in [5.41, 5.74) is 6.47. The van der Waals surface area contributed by atoms with E-state index in [0.717, 1.165) is 25.7 Å². The minimum atomic E-state index is -0.344. The fourth-order valence-electron chi connectivity index (χ4n) is 3.70. The van der Waals surface area contributed by atoms with Gasteiger partial charge in [-0.2, -0.15) is 0 Å². The molecule has 0 radical (unpaired) electrons. The Balaban J connectivity index is 2.59. The summed E-state index contributed by atoms with van der Waals surface area (Å²) in [6.07, 6.45) is 5.05. The van der Waals surface area contributed by atoms with Gasteiger partial charge in [0.05, 0.1) is 6.04 Å². The van der Waals surface area contributed by atoms with Gasteiger partial charge in [0.1, 0.15) is 0 Å². The maximum atomic E-state index is 12.0. The zero-order valence-electron chi connectivity index (χ0n) is 12.7. The number of amides is 1. The third-order valence-electron chi connectivity index (χ3n) is 3.84. The normalized spacial score (nSPS) is 24.6. The van der Waals surface area contributed by atoms with Crippen LogP contribution in [-0.4, -0.2) is 18.0 Å². The molecule has 1 amide bonds. The van der Waals surface area contributed by atoms with Crippen LogP contribution in [0.3, 0.4) is 0 Å². The highest BCUT2D eigenvalue weighted by Gasteiger charge is 2.39. The van der Waals surface area contributed by atoms with Crippen molar-refractivity contribution in [2.24, 2.45) is 16.6 Å². The minimum Gasteiger partial charge on any atom is -0.352 e. The second kappa shape index (κ2) is 5.60. The standard InChI is InChI=1S/C15H30N2O/c1-6-7-12(16)13(18)17-11-8-14(2,3)10-15(4,5)9-11/h11-12H,6-10,16H2,1-5H3,(H,17,18)/t12-/m1/s1. The highest BCUT2D eigenvalue weighted by molar-refractivity contribution is 5.81. The van der Waals surface area contributed by atoms with E-state index in [2.05, 4.69) is 39.9 Å². The number of carbonyl (C=O) groups is 1. The topological polar surface area (TPSA) is 55.1 Å². The van der Waals surface area contributed by atoms with Crippen LogP contribution < -0.4 is 11.1 Å². The van der Waals surface area contributed by atoms with Crippen LogP contribution in [0.4, 0.5) is 0 Å². The van der Waals surface area contributed by atoms with E-state index in [9.17, 15) is 4.79 Å². The van der Waals surface area contributed by atoms with Crippen LogP contribution in [0.2, 0.25) is 0 Å². The highest BCUT2D eigenvalue weighted by Crippen LogP contribution is 2.45. The lowest BCUT2D eigenvalue weighted by Gasteiger charge is -2.45. The van der Waals surface area contributed by atoms with E-state index in [1.54, 1.807) is 0 Å². The average Bonchev–Trinajstić information content (AvgIpc) is 2.12. The molecule has 18 heavy (non-hydrogen) atoms. The second-order valence-electron chi connectivity index (χ2n) is 7.51. The Kier molecular flexibility index (Phi) is 4.82. The van der Waals surface area contributed by atoms with E-state index in [0.29, 0.717) is 10.8 Å². The molecule has 3 N–H and O–H groups in total. The fourth-order valence-corrected chi connectivity index (χ4v) is 3.70. The first-order chi connectivity index (χ1) is 8.15. The Labute approximate surface area is 112 Å². The summed E-state index contributed by atoms with van der Waals surface area (Å²) in [4.78, 5) is 12.0. The molecule has 3 nitrogen and oxygen atoms in total. The van der Waals surface area contributed by atoms with E-state index in [1.165, 1.54) is 6.42 Å². The first-order valence-corrected chi connectivity index (χ1v) is 7.21. The average molecular weight is 254 g/mol. The Bertz CT molecular complexity index is 281. The van der Waals surface area contributed by atoms with Crippen LogP contribution in [-0.2, 0) is 4.79 Å². The first kappa shape index (κ1) is 15.5. The van der Waals surface area contributed by atoms with Crippen LogP contribution in [0.25, 0.3) is 0 Å². The summed E-state index contributed by atoms with van der Waals surface area (Å²) in [5, 5.41) is 3.15. The van der Waals surface area contributed by atoms with Gasteiger partial charge in [-0.05, 0) is 36.5 Å². The predicted octanol–water partition coefficient (Wildman–Crippen LogP) is 2.83. The summed E-state index contributed by atoms with van der Waals surface area (Å²) in [5.74, 6) is 0.0235. The molecule has 0 spiro atoms. The van der Waals surface area contributed by atoms with Gasteiger partial charge in [0.25, 0.3) is 0 Å². The zero-order chi connectivity index (χ0) is 14.0. The van der Waals surface area contributed by atoms with Crippen molar-refractivity contribution < 1.29 is 4.79 Å². The molecule has 0 saturated heterocycles. The zero-order valence-corrected chi connectivity index (χ0v) is 12.7. The van der Waals surface area contributed by atoms with Crippen molar-refractivity contribution in [1.29, 1.82) is 0 Å². The first-order valence-electron chi connectivity index (χ1n) is 7.21. The number of nitrogens with two attached hydrogens (primary N) is 1. The van der Waals surface area contributed by atoms with E-state index >= 15 is 0 Å². The molecule has 3 heteroatoms. The van der Waals surface area contributed by atoms with Crippen LogP contribution in [0.1, 0.15) is 66.7 Å². The summed E-state index contributed by atoms with van der Waals surface area (Å²) < 4.78 is 0. The molecule has 1 fully saturated rings. The lowest BCUT2D eigenvalue weighted by Crippen LogP contribution is -2.50. The number of carbonyl (C=O) groups excluding carboxylic acids is 1. The van der Waals surface area contributed by atoms with Crippen molar-refractivity contribution in [3.8, 4) is 0 Å². The van der Waals surface area contributed by atoms with Gasteiger partial charge in [-0.15, -0.1) is 0 Å². The van der Waals surface area contributed by atoms with E-state index in [-0.39, 0.29) is 18.0 Å². The lowest BCUT2D eigenvalue weighted by molar-refractivity contribution is -0.124. The van der Waals surface area contributed by atoms with E-state index < -0.39 is 0 Å². The quantitative estimate of drug-likeness (QED) is 0.810. The maximum absolute atomic E-state index is 12.0. The number of nitrogens with one attached hydrogen (secondary N) is 1. The lowest BCUT2D eigenvalue weighted by atomic mass is 9.63. The molecule has 1 rings (SSSR count). The third-order valence-corrected chi connectivity index (χ3v) is 3.84. The summed E-state index contributed by atoms with van der Waals surface area (Å²) in [7, 11) is 0. The summed E-state index contributed by atoms with van der Waals surface area (Å²) in [6, 6.07) is -0.0673. The Morgan fingerprint density at radius 3 is 2.22 bits per heavy atom. The molecule has 0 unspecified atom stereocenters. The number of hydrogen-bond donors (Lipinski definition) is 2. The van der Waals surface area contributed by atoms with Gasteiger partial charge in [0, 0.05) is 6.04 Å². The van der Waals surface area contributed by atoms with E-state index in [1.807, 2.05) is 0 Å². The van der Waals surface area contributed by atoms with Gasteiger partial charge in [-0.25, -0.2) is 0 Å². The van der Waals surface area contributed by atoms with Crippen LogP contribution >= 0.6 is 0 Å². The molecular weight excluding hydrogens is 224 g/mol. The van der Waals surface area contributed by atoms with Crippen LogP contribution in [0.5, 0.6) is 0 Å².